The van der Waals surface area contributed by atoms with Crippen molar-refractivity contribution in [1.82, 2.24) is 4.98 Å². The van der Waals surface area contributed by atoms with Crippen molar-refractivity contribution < 1.29 is 9.53 Å². The summed E-state index contributed by atoms with van der Waals surface area (Å²) >= 11 is 0. The number of carbonyl (C=O) groups excluding carboxylic acids is 1. The van der Waals surface area contributed by atoms with Gasteiger partial charge in [-0.3, -0.25) is 4.79 Å². The van der Waals surface area contributed by atoms with E-state index in [1.807, 2.05) is 12.1 Å². The molecule has 3 rings (SSSR count). The predicted octanol–water partition coefficient (Wildman–Crippen LogP) is 4.09. The molecule has 0 spiro atoms. The van der Waals surface area contributed by atoms with Crippen LogP contribution in [0.15, 0.2) is 36.5 Å². The van der Waals surface area contributed by atoms with E-state index >= 15 is 0 Å². The first kappa shape index (κ1) is 17.0. The normalized spacial score (nSPS) is 14.1. The summed E-state index contributed by atoms with van der Waals surface area (Å²) in [6.45, 7) is 2.04. The standard InChI is InChI=1S/C20H21N3O2/c1-14(24)18-8-6-15(11-21)10-19(18)22-12-16-7-9-20(23-13-16)25-17-4-2-3-5-17/h6-10,13,17,22H,2-5,12H2,1H3. The number of nitrogens with zero attached hydrogens (tertiary/aromatic N) is 2. The summed E-state index contributed by atoms with van der Waals surface area (Å²) in [4.78, 5) is 16.1. The Morgan fingerprint density at radius 3 is 2.76 bits per heavy atom. The van der Waals surface area contributed by atoms with E-state index in [2.05, 4.69) is 16.4 Å². The van der Waals surface area contributed by atoms with Gasteiger partial charge in [-0.1, -0.05) is 6.07 Å². The lowest BCUT2D eigenvalue weighted by Gasteiger charge is -2.13. The minimum Gasteiger partial charge on any atom is -0.474 e. The molecule has 1 aliphatic rings. The number of aromatic nitrogens is 1. The number of benzene rings is 1. The first-order valence-corrected chi connectivity index (χ1v) is 8.56. The number of nitriles is 1. The van der Waals surface area contributed by atoms with Gasteiger partial charge in [-0.2, -0.15) is 5.26 Å². The molecule has 1 aromatic heterocycles. The van der Waals surface area contributed by atoms with Crippen LogP contribution in [-0.4, -0.2) is 16.9 Å². The van der Waals surface area contributed by atoms with Crippen LogP contribution in [0.25, 0.3) is 0 Å². The summed E-state index contributed by atoms with van der Waals surface area (Å²) in [5, 5.41) is 12.3. The predicted molar refractivity (Wildman–Crippen MR) is 95.6 cm³/mol. The first-order chi connectivity index (χ1) is 12.2. The van der Waals surface area contributed by atoms with E-state index in [-0.39, 0.29) is 5.78 Å². The van der Waals surface area contributed by atoms with Crippen LogP contribution in [0, 0.1) is 11.3 Å². The topological polar surface area (TPSA) is 75.0 Å². The summed E-state index contributed by atoms with van der Waals surface area (Å²) in [5.74, 6) is 0.622. The third kappa shape index (κ3) is 4.36. The molecule has 1 heterocycles. The average molecular weight is 335 g/mol. The van der Waals surface area contributed by atoms with Gasteiger partial charge in [-0.05, 0) is 56.4 Å². The lowest BCUT2D eigenvalue weighted by atomic mass is 10.1. The Bertz CT molecular complexity index is 788. The maximum absolute atomic E-state index is 11.7. The van der Waals surface area contributed by atoms with Crippen LogP contribution in [0.1, 0.15) is 54.1 Å². The van der Waals surface area contributed by atoms with Gasteiger partial charge in [0.05, 0.1) is 11.6 Å². The van der Waals surface area contributed by atoms with E-state index in [0.29, 0.717) is 35.3 Å². The van der Waals surface area contributed by atoms with Gasteiger partial charge in [0.15, 0.2) is 5.78 Å². The van der Waals surface area contributed by atoms with Gasteiger partial charge in [0.2, 0.25) is 5.88 Å². The number of hydrogen-bond donors (Lipinski definition) is 1. The number of ketones is 1. The van der Waals surface area contributed by atoms with Crippen molar-refractivity contribution in [2.24, 2.45) is 0 Å². The molecule has 1 aliphatic carbocycles. The largest absolute Gasteiger partial charge is 0.474 e. The molecule has 0 unspecified atom stereocenters. The molecule has 25 heavy (non-hydrogen) atoms. The number of ether oxygens (including phenoxy) is 1. The second-order valence-corrected chi connectivity index (χ2v) is 6.31. The van der Waals surface area contributed by atoms with Gasteiger partial charge in [-0.25, -0.2) is 4.98 Å². The molecule has 5 heteroatoms. The zero-order chi connectivity index (χ0) is 17.6. The SMILES string of the molecule is CC(=O)c1ccc(C#N)cc1NCc1ccc(OC2CCCC2)nc1. The Hall–Kier alpha value is -2.87. The number of carbonyl (C=O) groups is 1. The Balaban J connectivity index is 1.65. The number of Topliss-reactive ketones (excluding diaryl/α,β-unsaturated/α-hetero) is 1. The minimum atomic E-state index is -0.0366. The Kier molecular flexibility index (Phi) is 5.30. The van der Waals surface area contributed by atoms with Crippen LogP contribution < -0.4 is 10.1 Å². The maximum atomic E-state index is 11.7. The van der Waals surface area contributed by atoms with Crippen LogP contribution in [-0.2, 0) is 6.54 Å². The highest BCUT2D eigenvalue weighted by atomic mass is 16.5. The molecular weight excluding hydrogens is 314 g/mol. The van der Waals surface area contributed by atoms with Crippen molar-refractivity contribution in [3.05, 3.63) is 53.2 Å². The molecule has 0 atom stereocenters. The summed E-state index contributed by atoms with van der Waals surface area (Å²) in [7, 11) is 0. The third-order valence-corrected chi connectivity index (χ3v) is 4.40. The molecule has 2 aromatic rings. The van der Waals surface area contributed by atoms with Crippen LogP contribution in [0.3, 0.4) is 0 Å². The number of nitrogens with one attached hydrogen (secondary N) is 1. The van der Waals surface area contributed by atoms with Crippen LogP contribution >= 0.6 is 0 Å². The molecule has 5 nitrogen and oxygen atoms in total. The quantitative estimate of drug-likeness (QED) is 0.805. The van der Waals surface area contributed by atoms with Crippen molar-refractivity contribution in [1.29, 1.82) is 5.26 Å². The van der Waals surface area contributed by atoms with Crippen molar-refractivity contribution in [2.45, 2.75) is 45.3 Å². The smallest absolute Gasteiger partial charge is 0.213 e. The van der Waals surface area contributed by atoms with Crippen molar-refractivity contribution in [3.8, 4) is 11.9 Å². The Morgan fingerprint density at radius 2 is 2.12 bits per heavy atom. The summed E-state index contributed by atoms with van der Waals surface area (Å²) < 4.78 is 5.86. The number of anilines is 1. The lowest BCUT2D eigenvalue weighted by Crippen LogP contribution is -2.12. The second-order valence-electron chi connectivity index (χ2n) is 6.31. The molecule has 0 amide bonds. The highest BCUT2D eigenvalue weighted by molar-refractivity contribution is 5.99. The highest BCUT2D eigenvalue weighted by Crippen LogP contribution is 2.23. The molecule has 128 valence electrons. The van der Waals surface area contributed by atoms with E-state index in [1.54, 1.807) is 24.4 Å². The van der Waals surface area contributed by atoms with E-state index in [4.69, 9.17) is 10.00 Å². The molecule has 0 bridgehead atoms. The number of rotatable bonds is 6. The van der Waals surface area contributed by atoms with Gasteiger partial charge in [0.1, 0.15) is 6.10 Å². The van der Waals surface area contributed by atoms with Gasteiger partial charge >= 0.3 is 0 Å². The minimum absolute atomic E-state index is 0.0366. The van der Waals surface area contributed by atoms with Gasteiger partial charge in [0.25, 0.3) is 0 Å². The summed E-state index contributed by atoms with van der Waals surface area (Å²) in [6, 6.07) is 11.0. The highest BCUT2D eigenvalue weighted by Gasteiger charge is 2.16. The molecule has 0 aliphatic heterocycles. The van der Waals surface area contributed by atoms with E-state index in [9.17, 15) is 4.79 Å². The fraction of sp³-hybridized carbons (Fsp3) is 0.350. The molecule has 0 saturated heterocycles. The van der Waals surface area contributed by atoms with Crippen molar-refractivity contribution in [3.63, 3.8) is 0 Å². The van der Waals surface area contributed by atoms with Gasteiger partial charge in [0, 0.05) is 30.1 Å². The third-order valence-electron chi connectivity index (χ3n) is 4.40. The molecule has 1 N–H and O–H groups in total. The van der Waals surface area contributed by atoms with Crippen LogP contribution in [0.4, 0.5) is 5.69 Å². The number of pyridine rings is 1. The molecule has 1 fully saturated rings. The van der Waals surface area contributed by atoms with E-state index in [0.717, 1.165) is 18.4 Å². The zero-order valence-electron chi connectivity index (χ0n) is 14.3. The second kappa shape index (κ2) is 7.80. The van der Waals surface area contributed by atoms with Crippen molar-refractivity contribution >= 4 is 11.5 Å². The van der Waals surface area contributed by atoms with E-state index < -0.39 is 0 Å². The maximum Gasteiger partial charge on any atom is 0.213 e. The summed E-state index contributed by atoms with van der Waals surface area (Å²) in [6.07, 6.45) is 6.74. The van der Waals surface area contributed by atoms with Crippen LogP contribution in [0.5, 0.6) is 5.88 Å². The molecule has 0 radical (unpaired) electrons. The molecular formula is C20H21N3O2. The molecule has 1 saturated carbocycles. The lowest BCUT2D eigenvalue weighted by molar-refractivity contribution is 0.101. The average Bonchev–Trinajstić information content (AvgIpc) is 3.13. The molecule has 1 aromatic carbocycles. The van der Waals surface area contributed by atoms with Gasteiger partial charge in [-0.15, -0.1) is 0 Å². The van der Waals surface area contributed by atoms with Crippen molar-refractivity contribution in [2.75, 3.05) is 5.32 Å². The zero-order valence-corrected chi connectivity index (χ0v) is 14.3. The van der Waals surface area contributed by atoms with Crippen LogP contribution in [0.2, 0.25) is 0 Å². The fourth-order valence-electron chi connectivity index (χ4n) is 3.03. The number of hydrogen-bond acceptors (Lipinski definition) is 5. The van der Waals surface area contributed by atoms with Gasteiger partial charge < -0.3 is 10.1 Å². The fourth-order valence-corrected chi connectivity index (χ4v) is 3.03. The Labute approximate surface area is 147 Å². The van der Waals surface area contributed by atoms with E-state index in [1.165, 1.54) is 19.8 Å². The summed E-state index contributed by atoms with van der Waals surface area (Å²) in [5.41, 5.74) is 2.74. The first-order valence-electron chi connectivity index (χ1n) is 8.56. The monoisotopic (exact) mass is 335 g/mol. The Morgan fingerprint density at radius 1 is 1.32 bits per heavy atom.